The number of rotatable bonds is 4. The fourth-order valence-electron chi connectivity index (χ4n) is 0.838. The van der Waals surface area contributed by atoms with Crippen LogP contribution in [0.15, 0.2) is 30.3 Å². The summed E-state index contributed by atoms with van der Waals surface area (Å²) in [5.41, 5.74) is 2.68. The van der Waals surface area contributed by atoms with Gasteiger partial charge in [-0.1, -0.05) is 25.1 Å². The van der Waals surface area contributed by atoms with Gasteiger partial charge in [0.05, 0.1) is 5.56 Å². The number of aliphatic hydroxyl groups excluding tert-OH is 1. The van der Waals surface area contributed by atoms with Crippen molar-refractivity contribution in [2.24, 2.45) is 0 Å². The summed E-state index contributed by atoms with van der Waals surface area (Å²) in [6.07, 6.45) is -0.343. The highest BCUT2D eigenvalue weighted by atomic mass is 16.7. The molecule has 0 radical (unpaired) electrons. The number of hydrogen-bond donors (Lipinski definition) is 2. The molecule has 1 aromatic rings. The first-order valence-corrected chi connectivity index (χ1v) is 4.44. The maximum absolute atomic E-state index is 11.3. The number of carbonyl (C=O) groups is 1. The molecule has 0 fully saturated rings. The van der Waals surface area contributed by atoms with Crippen molar-refractivity contribution in [2.75, 3.05) is 0 Å². The van der Waals surface area contributed by atoms with Crippen LogP contribution >= 0.6 is 0 Å². The summed E-state index contributed by atoms with van der Waals surface area (Å²) in [5.74, 6) is -0.502. The normalized spacial score (nSPS) is 12.1. The summed E-state index contributed by atoms with van der Waals surface area (Å²) in [6.45, 7) is 1.77. The first-order valence-electron chi connectivity index (χ1n) is 4.44. The molecule has 0 bridgehead atoms. The minimum absolute atomic E-state index is 0.448. The number of aliphatic hydroxyl groups is 1. The van der Waals surface area contributed by atoms with E-state index in [1.807, 2.05) is 6.07 Å². The molecule has 0 heterocycles. The maximum atomic E-state index is 11.3. The molecule has 0 aromatic heterocycles. The third-order valence-corrected chi connectivity index (χ3v) is 1.68. The van der Waals surface area contributed by atoms with Gasteiger partial charge in [0, 0.05) is 0 Å². The Morgan fingerprint density at radius 2 is 2.14 bits per heavy atom. The fourth-order valence-corrected chi connectivity index (χ4v) is 0.838. The Labute approximate surface area is 82.5 Å². The smallest absolute Gasteiger partial charge is 0.356 e. The van der Waals surface area contributed by atoms with Gasteiger partial charge in [-0.15, -0.1) is 5.48 Å². The van der Waals surface area contributed by atoms with Crippen LogP contribution in [0.5, 0.6) is 0 Å². The third kappa shape index (κ3) is 3.16. The summed E-state index contributed by atoms with van der Waals surface area (Å²) < 4.78 is 0. The van der Waals surface area contributed by atoms with Crippen LogP contribution in [0.25, 0.3) is 0 Å². The Balaban J connectivity index is 2.44. The minimum atomic E-state index is -0.817. The summed E-state index contributed by atoms with van der Waals surface area (Å²) in [6, 6.07) is 8.58. The zero-order chi connectivity index (χ0) is 10.4. The first-order chi connectivity index (χ1) is 6.74. The number of hydrogen-bond acceptors (Lipinski definition) is 4. The Kier molecular flexibility index (Phi) is 4.10. The van der Waals surface area contributed by atoms with Crippen molar-refractivity contribution < 1.29 is 14.7 Å². The van der Waals surface area contributed by atoms with Crippen LogP contribution in [0.3, 0.4) is 0 Å². The zero-order valence-corrected chi connectivity index (χ0v) is 7.93. The molecule has 1 unspecified atom stereocenters. The average molecular weight is 195 g/mol. The first kappa shape index (κ1) is 10.7. The van der Waals surface area contributed by atoms with E-state index in [4.69, 9.17) is 5.11 Å². The Bertz CT molecular complexity index is 287. The second kappa shape index (κ2) is 5.36. The summed E-state index contributed by atoms with van der Waals surface area (Å²) in [7, 11) is 0. The third-order valence-electron chi connectivity index (χ3n) is 1.68. The van der Waals surface area contributed by atoms with Crippen LogP contribution in [0, 0.1) is 0 Å². The standard InChI is InChI=1S/C10H13NO3/c1-2-9(12)11-14-10(13)8-6-4-3-5-7-8/h3-7,9,11-12H,2H2,1H3. The highest BCUT2D eigenvalue weighted by Gasteiger charge is 2.07. The molecule has 0 aliphatic rings. The molecular weight excluding hydrogens is 182 g/mol. The van der Waals surface area contributed by atoms with E-state index in [0.29, 0.717) is 12.0 Å². The van der Waals surface area contributed by atoms with Crippen LogP contribution in [0.1, 0.15) is 23.7 Å². The van der Waals surface area contributed by atoms with E-state index >= 15 is 0 Å². The van der Waals surface area contributed by atoms with Gasteiger partial charge in [-0.3, -0.25) is 0 Å². The van der Waals surface area contributed by atoms with Crippen LogP contribution < -0.4 is 5.48 Å². The van der Waals surface area contributed by atoms with Gasteiger partial charge < -0.3 is 9.94 Å². The van der Waals surface area contributed by atoms with Gasteiger partial charge in [0.15, 0.2) is 0 Å². The molecule has 1 aromatic carbocycles. The van der Waals surface area contributed by atoms with Crippen LogP contribution in [0.2, 0.25) is 0 Å². The molecule has 0 saturated carbocycles. The lowest BCUT2D eigenvalue weighted by Gasteiger charge is -2.09. The fraction of sp³-hybridized carbons (Fsp3) is 0.300. The van der Waals surface area contributed by atoms with Gasteiger partial charge in [0.2, 0.25) is 0 Å². The highest BCUT2D eigenvalue weighted by molar-refractivity contribution is 5.89. The van der Waals surface area contributed by atoms with Crippen molar-refractivity contribution in [3.8, 4) is 0 Å². The van der Waals surface area contributed by atoms with Crippen molar-refractivity contribution in [2.45, 2.75) is 19.6 Å². The van der Waals surface area contributed by atoms with Gasteiger partial charge in [-0.05, 0) is 18.6 Å². The second-order valence-corrected chi connectivity index (χ2v) is 2.80. The van der Waals surface area contributed by atoms with Crippen LogP contribution in [-0.4, -0.2) is 17.3 Å². The van der Waals surface area contributed by atoms with Crippen LogP contribution in [-0.2, 0) is 4.84 Å². The molecule has 4 nitrogen and oxygen atoms in total. The van der Waals surface area contributed by atoms with E-state index in [-0.39, 0.29) is 0 Å². The molecule has 76 valence electrons. The summed E-state index contributed by atoms with van der Waals surface area (Å²) in [4.78, 5) is 15.9. The molecule has 0 amide bonds. The molecule has 14 heavy (non-hydrogen) atoms. The molecule has 1 rings (SSSR count). The molecule has 0 spiro atoms. The molecular formula is C10H13NO3. The van der Waals surface area contributed by atoms with Crippen molar-refractivity contribution in [1.82, 2.24) is 5.48 Å². The molecule has 0 aliphatic heterocycles. The van der Waals surface area contributed by atoms with Crippen molar-refractivity contribution >= 4 is 5.97 Å². The van der Waals surface area contributed by atoms with E-state index in [0.717, 1.165) is 0 Å². The van der Waals surface area contributed by atoms with Gasteiger partial charge in [-0.2, -0.15) is 0 Å². The highest BCUT2D eigenvalue weighted by Crippen LogP contribution is 2.00. The lowest BCUT2D eigenvalue weighted by atomic mass is 10.2. The quantitative estimate of drug-likeness (QED) is 0.557. The van der Waals surface area contributed by atoms with Gasteiger partial charge in [0.1, 0.15) is 6.23 Å². The van der Waals surface area contributed by atoms with Gasteiger partial charge in [-0.25, -0.2) is 4.79 Å². The topological polar surface area (TPSA) is 58.6 Å². The van der Waals surface area contributed by atoms with E-state index in [9.17, 15) is 4.79 Å². The average Bonchev–Trinajstić information content (AvgIpc) is 2.26. The number of nitrogens with one attached hydrogen (secondary N) is 1. The number of benzene rings is 1. The van der Waals surface area contributed by atoms with E-state index in [2.05, 4.69) is 10.3 Å². The van der Waals surface area contributed by atoms with E-state index in [1.54, 1.807) is 31.2 Å². The lowest BCUT2D eigenvalue weighted by molar-refractivity contribution is -0.0330. The Morgan fingerprint density at radius 1 is 1.50 bits per heavy atom. The number of hydroxylamine groups is 1. The van der Waals surface area contributed by atoms with Crippen molar-refractivity contribution in [1.29, 1.82) is 0 Å². The minimum Gasteiger partial charge on any atom is -0.376 e. The molecule has 2 N–H and O–H groups in total. The maximum Gasteiger partial charge on any atom is 0.356 e. The van der Waals surface area contributed by atoms with Gasteiger partial charge in [0.25, 0.3) is 0 Å². The SMILES string of the molecule is CCC(O)NOC(=O)c1ccccc1. The predicted octanol–water partition coefficient (Wildman–Crippen LogP) is 1.08. The Morgan fingerprint density at radius 3 is 2.71 bits per heavy atom. The summed E-state index contributed by atoms with van der Waals surface area (Å²) >= 11 is 0. The summed E-state index contributed by atoms with van der Waals surface area (Å²) in [5, 5.41) is 9.07. The largest absolute Gasteiger partial charge is 0.376 e. The molecule has 0 saturated heterocycles. The van der Waals surface area contributed by atoms with E-state index < -0.39 is 12.2 Å². The van der Waals surface area contributed by atoms with Gasteiger partial charge >= 0.3 is 5.97 Å². The predicted molar refractivity (Wildman–Crippen MR) is 51.3 cm³/mol. The zero-order valence-electron chi connectivity index (χ0n) is 7.93. The monoisotopic (exact) mass is 195 g/mol. The molecule has 0 aliphatic carbocycles. The van der Waals surface area contributed by atoms with E-state index in [1.165, 1.54) is 0 Å². The number of carbonyl (C=O) groups excluding carboxylic acids is 1. The van der Waals surface area contributed by atoms with Crippen molar-refractivity contribution in [3.05, 3.63) is 35.9 Å². The molecule has 1 atom stereocenters. The van der Waals surface area contributed by atoms with Crippen LogP contribution in [0.4, 0.5) is 0 Å². The Hall–Kier alpha value is -1.39. The van der Waals surface area contributed by atoms with Crippen molar-refractivity contribution in [3.63, 3.8) is 0 Å². The molecule has 4 heteroatoms. The second-order valence-electron chi connectivity index (χ2n) is 2.80. The lowest BCUT2D eigenvalue weighted by Crippen LogP contribution is -2.30.